The summed E-state index contributed by atoms with van der Waals surface area (Å²) in [6.45, 7) is 6.06. The van der Waals surface area contributed by atoms with E-state index in [2.05, 4.69) is 19.2 Å². The molecule has 5 heteroatoms. The molecule has 0 radical (unpaired) electrons. The van der Waals surface area contributed by atoms with Crippen molar-refractivity contribution in [1.29, 1.82) is 0 Å². The van der Waals surface area contributed by atoms with Gasteiger partial charge in [-0.25, -0.2) is 0 Å². The van der Waals surface area contributed by atoms with Crippen molar-refractivity contribution in [3.8, 4) is 5.75 Å². The maximum Gasteiger partial charge on any atom is 0.245 e. The number of piperidine rings is 1. The smallest absolute Gasteiger partial charge is 0.245 e. The highest BCUT2D eigenvalue weighted by Crippen LogP contribution is 2.14. The number of para-hydroxylation sites is 1. The van der Waals surface area contributed by atoms with Gasteiger partial charge in [-0.2, -0.15) is 0 Å². The third kappa shape index (κ3) is 6.77. The van der Waals surface area contributed by atoms with Gasteiger partial charge >= 0.3 is 0 Å². The zero-order valence-corrected chi connectivity index (χ0v) is 15.4. The summed E-state index contributed by atoms with van der Waals surface area (Å²) in [6, 6.07) is 9.00. The van der Waals surface area contributed by atoms with Crippen LogP contribution in [0, 0.1) is 5.92 Å². The lowest BCUT2D eigenvalue weighted by molar-refractivity contribution is -0.137. The van der Waals surface area contributed by atoms with Crippen molar-refractivity contribution in [3.05, 3.63) is 30.3 Å². The van der Waals surface area contributed by atoms with Gasteiger partial charge in [-0.3, -0.25) is 9.59 Å². The summed E-state index contributed by atoms with van der Waals surface area (Å²) < 4.78 is 5.56. The Morgan fingerprint density at radius 3 is 2.44 bits per heavy atom. The molecule has 1 aliphatic heterocycles. The van der Waals surface area contributed by atoms with Crippen LogP contribution >= 0.6 is 0 Å². The quantitative estimate of drug-likeness (QED) is 0.787. The van der Waals surface area contributed by atoms with Crippen LogP contribution in [0.15, 0.2) is 30.3 Å². The van der Waals surface area contributed by atoms with Crippen LogP contribution in [0.3, 0.4) is 0 Å². The normalized spacial score (nSPS) is 15.7. The summed E-state index contributed by atoms with van der Waals surface area (Å²) in [5, 5.41) is 2.92. The first-order valence-corrected chi connectivity index (χ1v) is 9.32. The molecule has 0 saturated carbocycles. The molecule has 1 aromatic carbocycles. The van der Waals surface area contributed by atoms with Crippen molar-refractivity contribution in [2.45, 2.75) is 52.0 Å². The van der Waals surface area contributed by atoms with Crippen molar-refractivity contribution in [1.82, 2.24) is 10.2 Å². The van der Waals surface area contributed by atoms with E-state index in [1.807, 2.05) is 35.2 Å². The van der Waals surface area contributed by atoms with Crippen LogP contribution in [0.25, 0.3) is 0 Å². The summed E-state index contributed by atoms with van der Waals surface area (Å²) in [7, 11) is 0. The summed E-state index contributed by atoms with van der Waals surface area (Å²) in [5.41, 5.74) is 0. The van der Waals surface area contributed by atoms with Gasteiger partial charge in [0.2, 0.25) is 11.8 Å². The number of hydrogen-bond donors (Lipinski definition) is 1. The zero-order valence-electron chi connectivity index (χ0n) is 15.4. The largest absolute Gasteiger partial charge is 0.493 e. The van der Waals surface area contributed by atoms with Gasteiger partial charge in [0, 0.05) is 13.1 Å². The second-order valence-corrected chi connectivity index (χ2v) is 7.05. The Morgan fingerprint density at radius 2 is 1.80 bits per heavy atom. The summed E-state index contributed by atoms with van der Waals surface area (Å²) in [4.78, 5) is 26.9. The molecule has 0 aromatic heterocycles. The third-order valence-corrected chi connectivity index (χ3v) is 4.35. The molecule has 0 bridgehead atoms. The van der Waals surface area contributed by atoms with E-state index in [-0.39, 0.29) is 18.2 Å². The van der Waals surface area contributed by atoms with Gasteiger partial charge in [0.15, 0.2) is 0 Å². The Hall–Kier alpha value is -2.04. The average molecular weight is 346 g/mol. The number of nitrogens with one attached hydrogen (secondary N) is 1. The molecule has 138 valence electrons. The van der Waals surface area contributed by atoms with Crippen molar-refractivity contribution in [2.75, 3.05) is 19.7 Å². The average Bonchev–Trinajstić information content (AvgIpc) is 2.62. The second-order valence-electron chi connectivity index (χ2n) is 7.05. The highest BCUT2D eigenvalue weighted by Gasteiger charge is 2.27. The van der Waals surface area contributed by atoms with Gasteiger partial charge in [0.1, 0.15) is 11.8 Å². The van der Waals surface area contributed by atoms with E-state index in [9.17, 15) is 9.59 Å². The molecule has 2 amide bonds. The molecule has 1 saturated heterocycles. The van der Waals surface area contributed by atoms with Crippen molar-refractivity contribution >= 4 is 11.8 Å². The minimum Gasteiger partial charge on any atom is -0.493 e. The molecule has 0 aliphatic carbocycles. The first-order chi connectivity index (χ1) is 12.1. The predicted octanol–water partition coefficient (Wildman–Crippen LogP) is 3.00. The van der Waals surface area contributed by atoms with Crippen molar-refractivity contribution < 1.29 is 14.3 Å². The number of amides is 2. The van der Waals surface area contributed by atoms with Crippen LogP contribution in [0.1, 0.15) is 46.0 Å². The van der Waals surface area contributed by atoms with Crippen LogP contribution in [0.5, 0.6) is 5.75 Å². The number of carbonyl (C=O) groups excluding carboxylic acids is 2. The number of likely N-dealkylation sites (tertiary alicyclic amines) is 1. The van der Waals surface area contributed by atoms with Gasteiger partial charge in [0.05, 0.1) is 13.0 Å². The number of rotatable bonds is 8. The summed E-state index contributed by atoms with van der Waals surface area (Å²) in [6.07, 6.45) is 4.21. The predicted molar refractivity (Wildman–Crippen MR) is 98.4 cm³/mol. The van der Waals surface area contributed by atoms with E-state index in [1.165, 1.54) is 6.42 Å². The molecule has 2 rings (SSSR count). The molecule has 0 spiro atoms. The lowest BCUT2D eigenvalue weighted by Gasteiger charge is -2.31. The first-order valence-electron chi connectivity index (χ1n) is 9.32. The Balaban J connectivity index is 1.82. The van der Waals surface area contributed by atoms with Crippen LogP contribution < -0.4 is 10.1 Å². The fourth-order valence-electron chi connectivity index (χ4n) is 3.07. The molecule has 1 heterocycles. The highest BCUT2D eigenvalue weighted by molar-refractivity contribution is 5.87. The summed E-state index contributed by atoms with van der Waals surface area (Å²) in [5.74, 6) is 1.02. The van der Waals surface area contributed by atoms with Crippen LogP contribution in [0.2, 0.25) is 0 Å². The van der Waals surface area contributed by atoms with Gasteiger partial charge in [-0.05, 0) is 43.7 Å². The number of hydrogen-bond acceptors (Lipinski definition) is 3. The number of nitrogens with zero attached hydrogens (tertiary/aromatic N) is 1. The molecule has 5 nitrogen and oxygen atoms in total. The fraction of sp³-hybridized carbons (Fsp3) is 0.600. The Bertz CT molecular complexity index is 539. The molecular formula is C20H30N2O3. The lowest BCUT2D eigenvalue weighted by Crippen LogP contribution is -2.50. The van der Waals surface area contributed by atoms with Crippen LogP contribution in [-0.2, 0) is 9.59 Å². The second kappa shape index (κ2) is 10.1. The molecule has 1 fully saturated rings. The number of ether oxygens (including phenoxy) is 1. The van der Waals surface area contributed by atoms with E-state index in [4.69, 9.17) is 4.74 Å². The van der Waals surface area contributed by atoms with Gasteiger partial charge in [0.25, 0.3) is 0 Å². The number of carbonyl (C=O) groups is 2. The Kier molecular flexibility index (Phi) is 7.76. The fourth-order valence-corrected chi connectivity index (χ4v) is 3.07. The van der Waals surface area contributed by atoms with Crippen molar-refractivity contribution in [2.24, 2.45) is 5.92 Å². The highest BCUT2D eigenvalue weighted by atomic mass is 16.5. The molecular weight excluding hydrogens is 316 g/mol. The molecule has 1 N–H and O–H groups in total. The van der Waals surface area contributed by atoms with E-state index >= 15 is 0 Å². The summed E-state index contributed by atoms with van der Waals surface area (Å²) >= 11 is 0. The van der Waals surface area contributed by atoms with Gasteiger partial charge in [-0.15, -0.1) is 0 Å². The van der Waals surface area contributed by atoms with Gasteiger partial charge in [-0.1, -0.05) is 32.0 Å². The number of benzene rings is 1. The molecule has 1 aliphatic rings. The molecule has 1 atom stereocenters. The standard InChI is InChI=1S/C20H30N2O3/c1-16(2)15-18(20(24)22-12-7-4-8-13-22)21-19(23)11-14-25-17-9-5-3-6-10-17/h3,5-6,9-10,16,18H,4,7-8,11-15H2,1-2H3,(H,21,23)/t18-/m0/s1. The van der Waals surface area contributed by atoms with Crippen LogP contribution in [0.4, 0.5) is 0 Å². The minimum absolute atomic E-state index is 0.0609. The topological polar surface area (TPSA) is 58.6 Å². The zero-order chi connectivity index (χ0) is 18.1. The molecule has 0 unspecified atom stereocenters. The van der Waals surface area contributed by atoms with E-state index in [0.29, 0.717) is 18.9 Å². The monoisotopic (exact) mass is 346 g/mol. The Morgan fingerprint density at radius 1 is 1.12 bits per heavy atom. The van der Waals surface area contributed by atoms with Crippen molar-refractivity contribution in [3.63, 3.8) is 0 Å². The maximum absolute atomic E-state index is 12.7. The molecule has 1 aromatic rings. The van der Waals surface area contributed by atoms with E-state index in [1.54, 1.807) is 0 Å². The third-order valence-electron chi connectivity index (χ3n) is 4.35. The first kappa shape index (κ1) is 19.3. The molecule has 25 heavy (non-hydrogen) atoms. The maximum atomic E-state index is 12.7. The van der Waals surface area contributed by atoms with E-state index in [0.717, 1.165) is 31.7 Å². The SMILES string of the molecule is CC(C)C[C@H](NC(=O)CCOc1ccccc1)C(=O)N1CCCCC1. The van der Waals surface area contributed by atoms with Gasteiger partial charge < -0.3 is 15.0 Å². The Labute approximate surface area is 150 Å². The minimum atomic E-state index is -0.428. The lowest BCUT2D eigenvalue weighted by atomic mass is 10.0. The van der Waals surface area contributed by atoms with E-state index < -0.39 is 6.04 Å². The van der Waals surface area contributed by atoms with Crippen LogP contribution in [-0.4, -0.2) is 42.5 Å².